The first-order valence-corrected chi connectivity index (χ1v) is 26.5. The van der Waals surface area contributed by atoms with E-state index in [1.54, 1.807) is 34.6 Å². The summed E-state index contributed by atoms with van der Waals surface area (Å²) < 4.78 is 14.6. The van der Waals surface area contributed by atoms with E-state index in [4.69, 9.17) is 19.9 Å². The number of oxime groups is 1. The summed E-state index contributed by atoms with van der Waals surface area (Å²) in [6.45, 7) is 23.5. The van der Waals surface area contributed by atoms with Gasteiger partial charge in [-0.3, -0.25) is 4.79 Å². The van der Waals surface area contributed by atoms with Crippen LogP contribution in [0.1, 0.15) is 65.4 Å². The number of hydrogen-bond acceptors (Lipinski definition) is 13. The molecule has 0 aliphatic heterocycles. The maximum atomic E-state index is 9.00. The number of aryl methyl sites for hydroxylation is 5. The topological polar surface area (TPSA) is 204 Å². The Labute approximate surface area is 384 Å². The van der Waals surface area contributed by atoms with Gasteiger partial charge in [0.15, 0.2) is 15.2 Å². The van der Waals surface area contributed by atoms with Crippen molar-refractivity contribution in [2.75, 3.05) is 0 Å². The van der Waals surface area contributed by atoms with Gasteiger partial charge in [0.05, 0.1) is 0 Å². The molecular weight excluding hydrogens is 1450 g/mol. The Morgan fingerprint density at radius 3 is 1.04 bits per heavy atom. The van der Waals surface area contributed by atoms with Crippen molar-refractivity contribution in [1.82, 2.24) is 30.4 Å². The van der Waals surface area contributed by atoms with E-state index in [1.165, 1.54) is 0 Å². The zero-order chi connectivity index (χ0) is 34.3. The second kappa shape index (κ2) is 58.1. The first-order valence-electron chi connectivity index (χ1n) is 11.5. The first-order chi connectivity index (χ1) is 19.5. The molecule has 0 atom stereocenters. The molecular formula is C23H48B2Br3I3N7O7Pd3-. The molecule has 0 fully saturated rings. The van der Waals surface area contributed by atoms with Crippen LogP contribution in [0.4, 0.5) is 0 Å². The van der Waals surface area contributed by atoms with E-state index in [1.807, 2.05) is 13.8 Å². The molecule has 0 amide bonds. The van der Waals surface area contributed by atoms with E-state index >= 15 is 0 Å². The van der Waals surface area contributed by atoms with E-state index in [0.717, 1.165) is 13.2 Å². The van der Waals surface area contributed by atoms with Gasteiger partial charge in [-0.15, -0.1) is 0 Å². The van der Waals surface area contributed by atoms with Crippen LogP contribution in [0.5, 0.6) is 0 Å². The predicted molar refractivity (Wildman–Crippen MR) is 210 cm³/mol. The van der Waals surface area contributed by atoms with Crippen LogP contribution in [0.15, 0.2) is 23.5 Å². The molecule has 3 heterocycles. The molecule has 0 aliphatic rings. The van der Waals surface area contributed by atoms with E-state index in [2.05, 4.69) is 161 Å². The summed E-state index contributed by atoms with van der Waals surface area (Å²) in [5, 5.41) is 28.1. The molecule has 3 aromatic rings. The zero-order valence-corrected chi connectivity index (χ0v) is 41.9. The van der Waals surface area contributed by atoms with Gasteiger partial charge in [-0.1, -0.05) is 78.9 Å². The van der Waals surface area contributed by atoms with Gasteiger partial charge in [0.2, 0.25) is 28.7 Å². The Kier molecular flexibility index (Phi) is 95.3. The third-order valence-electron chi connectivity index (χ3n) is 3.27. The van der Waals surface area contributed by atoms with Crippen molar-refractivity contribution >= 4 is 114 Å². The molecule has 0 saturated carbocycles. The minimum atomic E-state index is -1.43. The van der Waals surface area contributed by atoms with Gasteiger partial charge in [0.25, 0.3) is 0 Å². The standard InChI is InChI=1S/C4H12B2.2C4H6N2O.C3H3BrN2O.C2H2O3.C2H6.CHBr2NO.3CH4.I3.3Pd/c1-5(2)6(3)4;2*1-3-5-4(2)7-6-3;1-2-5-3(4)6-7-2;3-1-2(4)5;1-2;2-1(3)4-5;;;;1-3-2;;;/h1-4H3;2*1-2H3;1H3;1H,(H,4,5);1-2H3;5H;3*1H4;;;;/q;;;;;;;;;;-1;;;. The molecule has 296 valence electrons. The van der Waals surface area contributed by atoms with E-state index in [-0.39, 0.29) is 89.8 Å². The number of aromatic nitrogens is 6. The number of rotatable bonds is 2. The second-order valence-corrected chi connectivity index (χ2v) is 26.7. The molecule has 3 rings (SSSR count). The van der Waals surface area contributed by atoms with Gasteiger partial charge in [-0.05, 0) is 66.8 Å². The van der Waals surface area contributed by atoms with Crippen molar-refractivity contribution in [3.05, 3.63) is 34.1 Å². The molecule has 0 radical (unpaired) electrons. The number of carbonyl (C=O) groups is 2. The van der Waals surface area contributed by atoms with Gasteiger partial charge in [-0.25, -0.2) is 4.79 Å². The smallest absolute Gasteiger partial charge is 0.368 e. The molecule has 48 heavy (non-hydrogen) atoms. The average Bonchev–Trinajstić information content (AvgIpc) is 3.62. The van der Waals surface area contributed by atoms with Crippen LogP contribution < -0.4 is 13.3 Å². The normalized spacial score (nSPS) is 7.08. The average molecular weight is 1500 g/mol. The van der Waals surface area contributed by atoms with Gasteiger partial charge < -0.3 is 23.9 Å². The fourth-order valence-corrected chi connectivity index (χ4v) is 1.40. The molecule has 0 aromatic carbocycles. The van der Waals surface area contributed by atoms with E-state index in [0.29, 0.717) is 50.8 Å². The van der Waals surface area contributed by atoms with E-state index in [9.17, 15) is 0 Å². The Morgan fingerprint density at radius 2 is 1.00 bits per heavy atom. The molecule has 0 unspecified atom stereocenters. The number of aldehydes is 1. The summed E-state index contributed by atoms with van der Waals surface area (Å²) in [6.07, 6.45) is -0.167. The zero-order valence-electron chi connectivity index (χ0n) is 26.0. The second-order valence-electron chi connectivity index (χ2n) is 7.14. The van der Waals surface area contributed by atoms with Crippen LogP contribution in [0.2, 0.25) is 27.3 Å². The minimum absolute atomic E-state index is 0. The predicted octanol–water partition coefficient (Wildman–Crippen LogP) is 6.58. The number of carboxylic acids is 1. The van der Waals surface area contributed by atoms with Crippen LogP contribution in [-0.4, -0.2) is 69.7 Å². The first kappa shape index (κ1) is 78.8. The van der Waals surface area contributed by atoms with Crippen LogP contribution in [0.3, 0.4) is 0 Å². The SMILES string of the molecule is C.C.C.CB(C)B(C)C.CC.Cc1nc(Br)no1.Cc1noc(C)n1.Cc1noc(C)n1.I[I-]I.O=CC(=O)O.ON=C(Br)Br.[Pd].[Pd].[Pd]. The minimum Gasteiger partial charge on any atom is -0.476 e. The van der Waals surface area contributed by atoms with Gasteiger partial charge in [0.1, 0.15) is 13.2 Å². The fourth-order valence-electron chi connectivity index (χ4n) is 1.08. The Bertz CT molecular complexity index is 933. The Hall–Kier alpha value is 1.78. The third-order valence-corrected chi connectivity index (χ3v) is 3.91. The van der Waals surface area contributed by atoms with E-state index < -0.39 is 5.97 Å². The van der Waals surface area contributed by atoms with Crippen molar-refractivity contribution in [2.45, 2.75) is 98.0 Å². The fraction of sp³-hybridized carbons (Fsp3) is 0.609. The number of aliphatic carboxylic acids is 1. The van der Waals surface area contributed by atoms with Crippen molar-refractivity contribution in [3.8, 4) is 0 Å². The Morgan fingerprint density at radius 1 is 0.771 bits per heavy atom. The monoisotopic (exact) mass is 1490 g/mol. The van der Waals surface area contributed by atoms with Crippen LogP contribution in [0, 0.1) is 34.6 Å². The molecule has 0 spiro atoms. The maximum absolute atomic E-state index is 9.00. The number of halogens is 6. The summed E-state index contributed by atoms with van der Waals surface area (Å²) in [5.41, 5.74) is 0. The summed E-state index contributed by atoms with van der Waals surface area (Å²) in [4.78, 5) is 29.3. The number of hydrogen-bond donors (Lipinski definition) is 2. The molecule has 0 bridgehead atoms. The molecule has 0 saturated heterocycles. The van der Waals surface area contributed by atoms with Crippen molar-refractivity contribution in [1.29, 1.82) is 0 Å². The van der Waals surface area contributed by atoms with Gasteiger partial charge in [0, 0.05) is 82.0 Å². The van der Waals surface area contributed by atoms with Crippen LogP contribution in [-0.2, 0) is 70.9 Å². The van der Waals surface area contributed by atoms with Crippen molar-refractivity contribution in [3.63, 3.8) is 0 Å². The van der Waals surface area contributed by atoms with Crippen molar-refractivity contribution < 1.29 is 108 Å². The Balaban J connectivity index is -0.0000000363. The van der Waals surface area contributed by atoms with Crippen molar-refractivity contribution in [2.24, 2.45) is 5.16 Å². The summed E-state index contributed by atoms with van der Waals surface area (Å²) >= 11 is 13.9. The largest absolute Gasteiger partial charge is 0.476 e. The van der Waals surface area contributed by atoms with Gasteiger partial charge >= 0.3 is 56.5 Å². The van der Waals surface area contributed by atoms with Crippen LogP contribution >= 0.6 is 85.0 Å². The molecule has 2 N–H and O–H groups in total. The summed E-state index contributed by atoms with van der Waals surface area (Å²) in [5.74, 6) is 1.78. The van der Waals surface area contributed by atoms with Crippen LogP contribution in [0.25, 0.3) is 0 Å². The summed E-state index contributed by atoms with van der Waals surface area (Å²) in [7, 11) is 0. The number of carbonyl (C=O) groups excluding carboxylic acids is 1. The molecule has 0 aliphatic carbocycles. The summed E-state index contributed by atoms with van der Waals surface area (Å²) in [6, 6.07) is 0. The number of nitrogens with zero attached hydrogens (tertiary/aromatic N) is 7. The molecule has 25 heteroatoms. The quantitative estimate of drug-likeness (QED) is 0.0530. The maximum Gasteiger partial charge on any atom is 0.368 e. The van der Waals surface area contributed by atoms with Gasteiger partial charge in [-0.2, -0.15) is 15.0 Å². The third kappa shape index (κ3) is 77.3. The molecule has 3 aromatic heterocycles. The number of carboxylic acid groups (broad SMARTS) is 1. The molecule has 14 nitrogen and oxygen atoms in total.